The summed E-state index contributed by atoms with van der Waals surface area (Å²) in [6, 6.07) is 6.32. The molecule has 1 fully saturated rings. The summed E-state index contributed by atoms with van der Waals surface area (Å²) in [6.07, 6.45) is -0.438. The summed E-state index contributed by atoms with van der Waals surface area (Å²) in [6.45, 7) is 8.88. The van der Waals surface area contributed by atoms with Crippen LogP contribution in [-0.2, 0) is 19.6 Å². The van der Waals surface area contributed by atoms with Crippen LogP contribution in [0.3, 0.4) is 0 Å². The second-order valence-corrected chi connectivity index (χ2v) is 9.81. The molecule has 9 nitrogen and oxygen atoms in total. The maximum Gasteiger partial charge on any atom is 0.407 e. The van der Waals surface area contributed by atoms with Gasteiger partial charge < -0.3 is 19.7 Å². The Morgan fingerprint density at radius 3 is 2.20 bits per heavy atom. The molecule has 0 saturated carbocycles. The van der Waals surface area contributed by atoms with E-state index in [4.69, 9.17) is 9.47 Å². The highest BCUT2D eigenvalue weighted by molar-refractivity contribution is 7.89. The van der Waals surface area contributed by atoms with Gasteiger partial charge in [-0.15, -0.1) is 0 Å². The smallest absolute Gasteiger partial charge is 0.407 e. The van der Waals surface area contributed by atoms with Gasteiger partial charge in [-0.25, -0.2) is 13.2 Å². The first kappa shape index (κ1) is 23.9. The molecule has 0 aromatic heterocycles. The van der Waals surface area contributed by atoms with Gasteiger partial charge in [0.1, 0.15) is 11.4 Å². The lowest BCUT2D eigenvalue weighted by molar-refractivity contribution is -0.132. The third kappa shape index (κ3) is 6.88. The number of piperazine rings is 1. The van der Waals surface area contributed by atoms with Crippen molar-refractivity contribution in [2.75, 3.05) is 39.3 Å². The molecular formula is C20H31N3O6S. The number of ether oxygens (including phenoxy) is 2. The number of carbonyl (C=O) groups is 2. The number of hydrogen-bond donors (Lipinski definition) is 1. The molecular weight excluding hydrogens is 410 g/mol. The highest BCUT2D eigenvalue weighted by atomic mass is 32.2. The Labute approximate surface area is 178 Å². The fraction of sp³-hybridized carbons (Fsp3) is 0.600. The minimum Gasteiger partial charge on any atom is -0.494 e. The third-order valence-electron chi connectivity index (χ3n) is 4.37. The summed E-state index contributed by atoms with van der Waals surface area (Å²) >= 11 is 0. The first-order valence-corrected chi connectivity index (χ1v) is 11.4. The molecule has 0 spiro atoms. The molecule has 1 N–H and O–H groups in total. The monoisotopic (exact) mass is 441 g/mol. The summed E-state index contributed by atoms with van der Waals surface area (Å²) in [5.41, 5.74) is -0.598. The van der Waals surface area contributed by atoms with Crippen molar-refractivity contribution < 1.29 is 27.5 Å². The Morgan fingerprint density at radius 1 is 1.07 bits per heavy atom. The van der Waals surface area contributed by atoms with Crippen LogP contribution in [-0.4, -0.2) is 74.6 Å². The van der Waals surface area contributed by atoms with Gasteiger partial charge >= 0.3 is 6.09 Å². The van der Waals surface area contributed by atoms with Crippen LogP contribution in [0.1, 0.15) is 34.1 Å². The van der Waals surface area contributed by atoms with Gasteiger partial charge in [-0.3, -0.25) is 4.79 Å². The van der Waals surface area contributed by atoms with E-state index in [9.17, 15) is 18.0 Å². The van der Waals surface area contributed by atoms with E-state index in [0.29, 0.717) is 25.4 Å². The van der Waals surface area contributed by atoms with E-state index in [1.165, 1.54) is 16.4 Å². The first-order valence-electron chi connectivity index (χ1n) is 10.0. The molecule has 1 aromatic rings. The fourth-order valence-electron chi connectivity index (χ4n) is 2.95. The second-order valence-electron chi connectivity index (χ2n) is 7.87. The molecule has 1 heterocycles. The van der Waals surface area contributed by atoms with Gasteiger partial charge in [0.15, 0.2) is 0 Å². The van der Waals surface area contributed by atoms with Crippen molar-refractivity contribution in [2.24, 2.45) is 0 Å². The molecule has 0 radical (unpaired) electrons. The number of rotatable bonds is 7. The van der Waals surface area contributed by atoms with Crippen molar-refractivity contribution in [3.63, 3.8) is 0 Å². The molecule has 30 heavy (non-hydrogen) atoms. The van der Waals surface area contributed by atoms with Crippen molar-refractivity contribution in [1.29, 1.82) is 0 Å². The number of nitrogens with zero attached hydrogens (tertiary/aromatic N) is 2. The Balaban J connectivity index is 1.82. The van der Waals surface area contributed by atoms with Crippen molar-refractivity contribution in [2.45, 2.75) is 44.6 Å². The van der Waals surface area contributed by atoms with Crippen molar-refractivity contribution in [1.82, 2.24) is 14.5 Å². The van der Waals surface area contributed by atoms with Gasteiger partial charge in [0.25, 0.3) is 0 Å². The van der Waals surface area contributed by atoms with Gasteiger partial charge in [0.2, 0.25) is 15.9 Å². The average molecular weight is 442 g/mol. The van der Waals surface area contributed by atoms with E-state index in [1.807, 2.05) is 6.92 Å². The summed E-state index contributed by atoms with van der Waals surface area (Å²) in [4.78, 5) is 25.8. The van der Waals surface area contributed by atoms with Gasteiger partial charge in [-0.1, -0.05) is 0 Å². The van der Waals surface area contributed by atoms with Crippen LogP contribution >= 0.6 is 0 Å². The third-order valence-corrected chi connectivity index (χ3v) is 6.28. The van der Waals surface area contributed by atoms with Crippen LogP contribution in [0.15, 0.2) is 29.2 Å². The van der Waals surface area contributed by atoms with Gasteiger partial charge in [-0.2, -0.15) is 4.31 Å². The predicted octanol–water partition coefficient (Wildman–Crippen LogP) is 1.83. The molecule has 168 valence electrons. The minimum absolute atomic E-state index is 0.130. The number of benzene rings is 1. The predicted molar refractivity (Wildman–Crippen MR) is 112 cm³/mol. The van der Waals surface area contributed by atoms with E-state index >= 15 is 0 Å². The van der Waals surface area contributed by atoms with E-state index in [0.717, 1.165) is 0 Å². The van der Waals surface area contributed by atoms with Gasteiger partial charge in [0, 0.05) is 39.1 Å². The molecule has 0 bridgehead atoms. The molecule has 1 aliphatic rings. The Bertz CT molecular complexity index is 825. The largest absolute Gasteiger partial charge is 0.494 e. The van der Waals surface area contributed by atoms with Crippen LogP contribution < -0.4 is 10.1 Å². The zero-order chi connectivity index (χ0) is 22.4. The first-order chi connectivity index (χ1) is 14.0. The van der Waals surface area contributed by atoms with Crippen molar-refractivity contribution >= 4 is 22.0 Å². The average Bonchev–Trinajstić information content (AvgIpc) is 2.67. The summed E-state index contributed by atoms with van der Waals surface area (Å²) in [7, 11) is -3.62. The molecule has 0 unspecified atom stereocenters. The molecule has 2 amide bonds. The van der Waals surface area contributed by atoms with Crippen LogP contribution in [0.2, 0.25) is 0 Å². The Hall–Kier alpha value is -2.33. The fourth-order valence-corrected chi connectivity index (χ4v) is 4.37. The minimum atomic E-state index is -3.62. The molecule has 10 heteroatoms. The van der Waals surface area contributed by atoms with Crippen LogP contribution in [0, 0.1) is 0 Å². The SMILES string of the molecule is CCOc1ccc(S(=O)(=O)N2CCN(C(=O)CCNC(=O)OC(C)(C)C)CC2)cc1. The molecule has 1 saturated heterocycles. The number of carbonyl (C=O) groups excluding carboxylic acids is 2. The van der Waals surface area contributed by atoms with Crippen LogP contribution in [0.5, 0.6) is 5.75 Å². The Morgan fingerprint density at radius 2 is 1.67 bits per heavy atom. The van der Waals surface area contributed by atoms with E-state index < -0.39 is 21.7 Å². The van der Waals surface area contributed by atoms with Crippen molar-refractivity contribution in [3.8, 4) is 5.75 Å². The lowest BCUT2D eigenvalue weighted by atomic mass is 10.2. The molecule has 0 atom stereocenters. The number of hydrogen-bond acceptors (Lipinski definition) is 6. The molecule has 1 aromatic carbocycles. The maximum absolute atomic E-state index is 12.8. The molecule has 1 aliphatic heterocycles. The lowest BCUT2D eigenvalue weighted by Gasteiger charge is -2.34. The van der Waals surface area contributed by atoms with Crippen LogP contribution in [0.25, 0.3) is 0 Å². The molecule has 2 rings (SSSR count). The number of nitrogens with one attached hydrogen (secondary N) is 1. The number of amides is 2. The van der Waals surface area contributed by atoms with E-state index in [2.05, 4.69) is 5.32 Å². The topological polar surface area (TPSA) is 105 Å². The standard InChI is InChI=1S/C20H31N3O6S/c1-5-28-16-6-8-17(9-7-16)30(26,27)23-14-12-22(13-15-23)18(24)10-11-21-19(25)29-20(2,3)4/h6-9H,5,10-15H2,1-4H3,(H,21,25). The van der Waals surface area contributed by atoms with E-state index in [-0.39, 0.29) is 36.9 Å². The highest BCUT2D eigenvalue weighted by Crippen LogP contribution is 2.21. The van der Waals surface area contributed by atoms with Gasteiger partial charge in [0.05, 0.1) is 11.5 Å². The van der Waals surface area contributed by atoms with Gasteiger partial charge in [-0.05, 0) is 52.0 Å². The summed E-state index contributed by atoms with van der Waals surface area (Å²) in [5.74, 6) is 0.482. The zero-order valence-electron chi connectivity index (χ0n) is 18.0. The quantitative estimate of drug-likeness (QED) is 0.692. The zero-order valence-corrected chi connectivity index (χ0v) is 18.8. The summed E-state index contributed by atoms with van der Waals surface area (Å²) < 4.78 is 37.5. The van der Waals surface area contributed by atoms with Crippen molar-refractivity contribution in [3.05, 3.63) is 24.3 Å². The van der Waals surface area contributed by atoms with E-state index in [1.54, 1.807) is 37.8 Å². The van der Waals surface area contributed by atoms with Crippen LogP contribution in [0.4, 0.5) is 4.79 Å². The normalized spacial score (nSPS) is 15.5. The number of alkyl carbamates (subject to hydrolysis) is 1. The molecule has 0 aliphatic carbocycles. The number of sulfonamides is 1. The lowest BCUT2D eigenvalue weighted by Crippen LogP contribution is -2.50. The maximum atomic E-state index is 12.8. The second kappa shape index (κ2) is 10.1. The summed E-state index contributed by atoms with van der Waals surface area (Å²) in [5, 5.41) is 2.55. The Kier molecular flexibility index (Phi) is 8.08. The highest BCUT2D eigenvalue weighted by Gasteiger charge is 2.30.